The lowest BCUT2D eigenvalue weighted by molar-refractivity contribution is 0.369. The van der Waals surface area contributed by atoms with Crippen LogP contribution in [0.4, 0.5) is 5.69 Å². The number of hydrogen-bond acceptors (Lipinski definition) is 3. The average Bonchev–Trinajstić information content (AvgIpc) is 2.78. The van der Waals surface area contributed by atoms with E-state index in [2.05, 4.69) is 34.5 Å². The number of nitrogens with one attached hydrogen (secondary N) is 1. The van der Waals surface area contributed by atoms with Gasteiger partial charge in [0, 0.05) is 12.7 Å². The van der Waals surface area contributed by atoms with E-state index >= 15 is 0 Å². The molecule has 1 heterocycles. The average molecular weight is 429 g/mol. The van der Waals surface area contributed by atoms with Gasteiger partial charge in [0.2, 0.25) is 5.88 Å². The summed E-state index contributed by atoms with van der Waals surface area (Å²) in [6.07, 6.45) is 0.985. The summed E-state index contributed by atoms with van der Waals surface area (Å²) >= 11 is 0. The largest absolute Gasteiger partial charge is 0.481 e. The van der Waals surface area contributed by atoms with Gasteiger partial charge in [-0.15, -0.1) is 24.0 Å². The monoisotopic (exact) mass is 429 g/mol. The van der Waals surface area contributed by atoms with Crippen molar-refractivity contribution in [3.63, 3.8) is 0 Å². The summed E-state index contributed by atoms with van der Waals surface area (Å²) in [4.78, 5) is 4.38. The van der Waals surface area contributed by atoms with Gasteiger partial charge in [0.25, 0.3) is 0 Å². The van der Waals surface area contributed by atoms with E-state index in [4.69, 9.17) is 10.5 Å². The zero-order chi connectivity index (χ0) is 16.1. The normalized spacial score (nSPS) is 11.0. The van der Waals surface area contributed by atoms with Crippen LogP contribution in [0.15, 0.2) is 29.3 Å². The molecule has 0 fully saturated rings. The van der Waals surface area contributed by atoms with E-state index in [1.54, 1.807) is 11.8 Å². The lowest BCUT2D eigenvalue weighted by Gasteiger charge is -2.07. The zero-order valence-electron chi connectivity index (χ0n) is 14.0. The second-order valence-corrected chi connectivity index (χ2v) is 5.08. The third kappa shape index (κ3) is 4.85. The number of aryl methyl sites for hydroxylation is 3. The molecule has 0 unspecified atom stereocenters. The Kier molecular flexibility index (Phi) is 7.34. The van der Waals surface area contributed by atoms with Gasteiger partial charge in [-0.25, -0.2) is 9.67 Å². The predicted molar refractivity (Wildman–Crippen MR) is 105 cm³/mol. The first kappa shape index (κ1) is 19.3. The molecule has 6 nitrogen and oxygen atoms in total. The molecule has 0 aliphatic rings. The highest BCUT2D eigenvalue weighted by Crippen LogP contribution is 2.21. The summed E-state index contributed by atoms with van der Waals surface area (Å²) in [5, 5.41) is 7.44. The molecule has 0 amide bonds. The Morgan fingerprint density at radius 1 is 1.43 bits per heavy atom. The number of benzene rings is 1. The number of aliphatic imine (C=N–C) groups is 1. The number of nitrogens with zero attached hydrogens (tertiary/aromatic N) is 3. The molecule has 126 valence electrons. The Morgan fingerprint density at radius 3 is 2.83 bits per heavy atom. The fourth-order valence-electron chi connectivity index (χ4n) is 2.34. The molecule has 0 aliphatic carbocycles. The maximum Gasteiger partial charge on any atom is 0.216 e. The Bertz CT molecular complexity index is 681. The highest BCUT2D eigenvalue weighted by atomic mass is 127. The molecule has 0 atom stereocenters. The molecule has 1 aromatic heterocycles. The van der Waals surface area contributed by atoms with Crippen molar-refractivity contribution in [1.29, 1.82) is 0 Å². The standard InChI is InChI=1S/C16H23N5O.HI/c1-5-12-7-6-8-13(9-12)19-16(17)18-10-14-11(2)20-21(3)15(14)22-4;/h6-9H,5,10H2,1-4H3,(H3,17,18,19);1H. The van der Waals surface area contributed by atoms with Gasteiger partial charge < -0.3 is 15.8 Å². The molecular weight excluding hydrogens is 405 g/mol. The molecule has 0 spiro atoms. The van der Waals surface area contributed by atoms with Gasteiger partial charge >= 0.3 is 0 Å². The van der Waals surface area contributed by atoms with Crippen LogP contribution in [-0.2, 0) is 20.0 Å². The molecule has 0 saturated carbocycles. The highest BCUT2D eigenvalue weighted by molar-refractivity contribution is 14.0. The van der Waals surface area contributed by atoms with Gasteiger partial charge in [-0.05, 0) is 31.0 Å². The molecule has 1 aromatic carbocycles. The summed E-state index contributed by atoms with van der Waals surface area (Å²) < 4.78 is 7.05. The number of anilines is 1. The van der Waals surface area contributed by atoms with Crippen molar-refractivity contribution in [3.05, 3.63) is 41.1 Å². The van der Waals surface area contributed by atoms with Crippen LogP contribution >= 0.6 is 24.0 Å². The SMILES string of the molecule is CCc1cccc(NC(N)=NCc2c(C)nn(C)c2OC)c1.I. The van der Waals surface area contributed by atoms with Crippen molar-refractivity contribution in [2.24, 2.45) is 17.8 Å². The minimum absolute atomic E-state index is 0. The lowest BCUT2D eigenvalue weighted by Crippen LogP contribution is -2.22. The molecule has 0 bridgehead atoms. The second kappa shape index (κ2) is 8.76. The summed E-state index contributed by atoms with van der Waals surface area (Å²) in [5.74, 6) is 1.08. The van der Waals surface area contributed by atoms with Crippen molar-refractivity contribution >= 4 is 35.6 Å². The van der Waals surface area contributed by atoms with E-state index < -0.39 is 0 Å². The minimum Gasteiger partial charge on any atom is -0.481 e. The second-order valence-electron chi connectivity index (χ2n) is 5.08. The van der Waals surface area contributed by atoms with Gasteiger partial charge in [0.15, 0.2) is 5.96 Å². The number of ether oxygens (including phenoxy) is 1. The maximum absolute atomic E-state index is 5.96. The van der Waals surface area contributed by atoms with Crippen molar-refractivity contribution in [3.8, 4) is 5.88 Å². The summed E-state index contributed by atoms with van der Waals surface area (Å²) in [6, 6.07) is 8.13. The molecule has 2 aromatic rings. The molecular formula is C16H24IN5O. The predicted octanol–water partition coefficient (Wildman–Crippen LogP) is 2.84. The molecule has 3 N–H and O–H groups in total. The van der Waals surface area contributed by atoms with Crippen LogP contribution in [0.2, 0.25) is 0 Å². The number of nitrogens with two attached hydrogens (primary N) is 1. The minimum atomic E-state index is 0. The fraction of sp³-hybridized carbons (Fsp3) is 0.375. The van der Waals surface area contributed by atoms with Gasteiger partial charge in [-0.3, -0.25) is 0 Å². The third-order valence-electron chi connectivity index (χ3n) is 3.50. The molecule has 0 radical (unpaired) electrons. The van der Waals surface area contributed by atoms with Crippen LogP contribution in [0, 0.1) is 6.92 Å². The van der Waals surface area contributed by atoms with E-state index in [-0.39, 0.29) is 24.0 Å². The Labute approximate surface area is 154 Å². The molecule has 0 saturated heterocycles. The van der Waals surface area contributed by atoms with Gasteiger partial charge in [0.1, 0.15) is 0 Å². The topological polar surface area (TPSA) is 77.5 Å². The van der Waals surface area contributed by atoms with Crippen molar-refractivity contribution in [1.82, 2.24) is 9.78 Å². The van der Waals surface area contributed by atoms with Crippen LogP contribution < -0.4 is 15.8 Å². The fourth-order valence-corrected chi connectivity index (χ4v) is 2.34. The Balaban J connectivity index is 0.00000264. The van der Waals surface area contributed by atoms with Crippen LogP contribution in [0.5, 0.6) is 5.88 Å². The maximum atomic E-state index is 5.96. The van der Waals surface area contributed by atoms with E-state index in [0.717, 1.165) is 23.4 Å². The van der Waals surface area contributed by atoms with Crippen molar-refractivity contribution in [2.75, 3.05) is 12.4 Å². The van der Waals surface area contributed by atoms with Crippen LogP contribution in [0.1, 0.15) is 23.7 Å². The Hall–Kier alpha value is -1.77. The number of aromatic nitrogens is 2. The van der Waals surface area contributed by atoms with E-state index in [1.165, 1.54) is 5.56 Å². The van der Waals surface area contributed by atoms with Gasteiger partial charge in [0.05, 0.1) is 24.9 Å². The van der Waals surface area contributed by atoms with E-state index in [1.807, 2.05) is 26.1 Å². The number of guanidine groups is 1. The smallest absolute Gasteiger partial charge is 0.216 e. The number of rotatable bonds is 5. The zero-order valence-corrected chi connectivity index (χ0v) is 16.3. The van der Waals surface area contributed by atoms with Crippen molar-refractivity contribution < 1.29 is 4.74 Å². The summed E-state index contributed by atoms with van der Waals surface area (Å²) in [6.45, 7) is 4.48. The van der Waals surface area contributed by atoms with Gasteiger partial charge in [-0.1, -0.05) is 19.1 Å². The lowest BCUT2D eigenvalue weighted by atomic mass is 10.1. The van der Waals surface area contributed by atoms with Crippen LogP contribution in [0.3, 0.4) is 0 Å². The highest BCUT2D eigenvalue weighted by Gasteiger charge is 2.13. The summed E-state index contributed by atoms with van der Waals surface area (Å²) in [7, 11) is 3.47. The van der Waals surface area contributed by atoms with E-state index in [0.29, 0.717) is 18.4 Å². The molecule has 2 rings (SSSR count). The first-order valence-electron chi connectivity index (χ1n) is 7.27. The van der Waals surface area contributed by atoms with Crippen molar-refractivity contribution in [2.45, 2.75) is 26.8 Å². The number of halogens is 1. The summed E-state index contributed by atoms with van der Waals surface area (Å²) in [5.41, 5.74) is 9.99. The number of methoxy groups -OCH3 is 1. The molecule has 7 heteroatoms. The van der Waals surface area contributed by atoms with Gasteiger partial charge in [-0.2, -0.15) is 5.10 Å². The Morgan fingerprint density at radius 2 is 2.17 bits per heavy atom. The third-order valence-corrected chi connectivity index (χ3v) is 3.50. The first-order valence-corrected chi connectivity index (χ1v) is 7.27. The van der Waals surface area contributed by atoms with Crippen LogP contribution in [-0.4, -0.2) is 22.8 Å². The van der Waals surface area contributed by atoms with Crippen LogP contribution in [0.25, 0.3) is 0 Å². The van der Waals surface area contributed by atoms with E-state index in [9.17, 15) is 0 Å². The molecule has 23 heavy (non-hydrogen) atoms. The first-order chi connectivity index (χ1) is 10.5. The number of hydrogen-bond donors (Lipinski definition) is 2. The quantitative estimate of drug-likeness (QED) is 0.436. The molecule has 0 aliphatic heterocycles.